The van der Waals surface area contributed by atoms with E-state index in [0.29, 0.717) is 19.0 Å². The van der Waals surface area contributed by atoms with Gasteiger partial charge in [-0.2, -0.15) is 0 Å². The molecule has 8 heteroatoms. The Morgan fingerprint density at radius 1 is 1.31 bits per heavy atom. The van der Waals surface area contributed by atoms with Gasteiger partial charge < -0.3 is 19.9 Å². The quantitative estimate of drug-likeness (QED) is 0.527. The van der Waals surface area contributed by atoms with Crippen molar-refractivity contribution in [2.75, 3.05) is 19.6 Å². The molecular formula is C18H27FN6O. The number of nitrogens with one attached hydrogen (secondary N) is 2. The van der Waals surface area contributed by atoms with Gasteiger partial charge in [0.25, 0.3) is 0 Å². The summed E-state index contributed by atoms with van der Waals surface area (Å²) in [6, 6.07) is 6.38. The number of ether oxygens (including phenoxy) is 1. The van der Waals surface area contributed by atoms with Crippen LogP contribution in [0.2, 0.25) is 0 Å². The summed E-state index contributed by atoms with van der Waals surface area (Å²) in [4.78, 5) is 4.51. The topological polar surface area (TPSA) is 76.4 Å². The van der Waals surface area contributed by atoms with Crippen LogP contribution in [-0.4, -0.2) is 46.5 Å². The van der Waals surface area contributed by atoms with Crippen molar-refractivity contribution in [2.24, 2.45) is 4.99 Å². The molecule has 26 heavy (non-hydrogen) atoms. The molecule has 0 radical (unpaired) electrons. The fraction of sp³-hybridized carbons (Fsp3) is 0.500. The molecule has 7 nitrogen and oxygen atoms in total. The number of para-hydroxylation sites is 1. The van der Waals surface area contributed by atoms with Crippen molar-refractivity contribution < 1.29 is 9.13 Å². The number of aliphatic imine (C=N–C) groups is 1. The Labute approximate surface area is 153 Å². The van der Waals surface area contributed by atoms with Crippen LogP contribution in [0, 0.1) is 5.82 Å². The number of hydrogen-bond donors (Lipinski definition) is 2. The molecule has 1 heterocycles. The predicted molar refractivity (Wildman–Crippen MR) is 99.9 cm³/mol. The first-order valence-corrected chi connectivity index (χ1v) is 8.94. The third-order valence-electron chi connectivity index (χ3n) is 3.67. The Morgan fingerprint density at radius 2 is 2.12 bits per heavy atom. The number of nitrogens with zero attached hydrogens (tertiary/aromatic N) is 4. The van der Waals surface area contributed by atoms with Crippen molar-refractivity contribution in [2.45, 2.75) is 39.8 Å². The van der Waals surface area contributed by atoms with Crippen LogP contribution in [-0.2, 0) is 13.0 Å². The minimum atomic E-state index is -0.367. The lowest BCUT2D eigenvalue weighted by Crippen LogP contribution is -2.39. The highest BCUT2D eigenvalue weighted by molar-refractivity contribution is 5.79. The first-order chi connectivity index (χ1) is 12.6. The van der Waals surface area contributed by atoms with Crippen molar-refractivity contribution >= 4 is 5.96 Å². The molecule has 0 bridgehead atoms. The molecule has 1 aromatic heterocycles. The highest BCUT2D eigenvalue weighted by Crippen LogP contribution is 2.16. The zero-order valence-electron chi connectivity index (χ0n) is 15.6. The van der Waals surface area contributed by atoms with E-state index in [9.17, 15) is 4.39 Å². The number of hydrogen-bond acceptors (Lipinski definition) is 4. The van der Waals surface area contributed by atoms with Crippen LogP contribution in [0.4, 0.5) is 4.39 Å². The van der Waals surface area contributed by atoms with E-state index < -0.39 is 0 Å². The van der Waals surface area contributed by atoms with E-state index in [1.54, 1.807) is 24.5 Å². The van der Waals surface area contributed by atoms with Crippen LogP contribution in [0.5, 0.6) is 5.75 Å². The average molecular weight is 362 g/mol. The SMILES string of the molecule is CCNC(=NCC(C)Oc1ccccc1F)NCCn1cnnc1CC. The molecule has 2 N–H and O–H groups in total. The molecule has 0 saturated heterocycles. The highest BCUT2D eigenvalue weighted by atomic mass is 19.1. The summed E-state index contributed by atoms with van der Waals surface area (Å²) in [7, 11) is 0. The van der Waals surface area contributed by atoms with E-state index in [1.165, 1.54) is 6.07 Å². The van der Waals surface area contributed by atoms with Gasteiger partial charge in [-0.05, 0) is 26.0 Å². The monoisotopic (exact) mass is 362 g/mol. The summed E-state index contributed by atoms with van der Waals surface area (Å²) in [5, 5.41) is 14.5. The summed E-state index contributed by atoms with van der Waals surface area (Å²) < 4.78 is 21.3. The van der Waals surface area contributed by atoms with E-state index >= 15 is 0 Å². The maximum absolute atomic E-state index is 13.6. The van der Waals surface area contributed by atoms with Crippen LogP contribution in [0.3, 0.4) is 0 Å². The molecule has 2 aromatic rings. The molecule has 1 atom stereocenters. The van der Waals surface area contributed by atoms with Gasteiger partial charge in [-0.15, -0.1) is 10.2 Å². The lowest BCUT2D eigenvalue weighted by Gasteiger charge is -2.15. The molecular weight excluding hydrogens is 335 g/mol. The Kier molecular flexibility index (Phi) is 7.85. The minimum Gasteiger partial charge on any atom is -0.486 e. The molecule has 0 saturated carbocycles. The van der Waals surface area contributed by atoms with Gasteiger partial charge in [-0.1, -0.05) is 19.1 Å². The molecule has 0 aliphatic carbocycles. The molecule has 2 rings (SSSR count). The third-order valence-corrected chi connectivity index (χ3v) is 3.67. The normalized spacial score (nSPS) is 12.7. The van der Waals surface area contributed by atoms with Gasteiger partial charge in [0.15, 0.2) is 17.5 Å². The van der Waals surface area contributed by atoms with E-state index in [4.69, 9.17) is 4.74 Å². The maximum Gasteiger partial charge on any atom is 0.191 e. The van der Waals surface area contributed by atoms with Crippen LogP contribution in [0.25, 0.3) is 0 Å². The zero-order valence-corrected chi connectivity index (χ0v) is 15.6. The van der Waals surface area contributed by atoms with Crippen molar-refractivity contribution in [1.82, 2.24) is 25.4 Å². The van der Waals surface area contributed by atoms with Gasteiger partial charge >= 0.3 is 0 Å². The van der Waals surface area contributed by atoms with Gasteiger partial charge in [0.05, 0.1) is 6.54 Å². The van der Waals surface area contributed by atoms with Crippen molar-refractivity contribution in [1.29, 1.82) is 0 Å². The van der Waals surface area contributed by atoms with Crippen LogP contribution in [0.1, 0.15) is 26.6 Å². The predicted octanol–water partition coefficient (Wildman–Crippen LogP) is 2.00. The van der Waals surface area contributed by atoms with Crippen molar-refractivity contribution in [3.8, 4) is 5.75 Å². The smallest absolute Gasteiger partial charge is 0.191 e. The Morgan fingerprint density at radius 3 is 2.85 bits per heavy atom. The number of halogens is 1. The first-order valence-electron chi connectivity index (χ1n) is 8.94. The van der Waals surface area contributed by atoms with Crippen LogP contribution >= 0.6 is 0 Å². The van der Waals surface area contributed by atoms with E-state index in [0.717, 1.165) is 25.3 Å². The molecule has 0 aliphatic heterocycles. The van der Waals surface area contributed by atoms with E-state index in [1.807, 2.05) is 18.4 Å². The first kappa shape index (κ1) is 19.7. The molecule has 1 unspecified atom stereocenters. The summed E-state index contributed by atoms with van der Waals surface area (Å²) in [6.07, 6.45) is 2.33. The second-order valence-corrected chi connectivity index (χ2v) is 5.80. The highest BCUT2D eigenvalue weighted by Gasteiger charge is 2.08. The molecule has 0 aliphatic rings. The molecule has 1 aromatic carbocycles. The van der Waals surface area contributed by atoms with Gasteiger partial charge in [-0.3, -0.25) is 0 Å². The summed E-state index contributed by atoms with van der Waals surface area (Å²) in [5.74, 6) is 1.53. The standard InChI is InChI=1S/C18H27FN6O/c1-4-17-24-23-13-25(17)11-10-21-18(20-5-2)22-12-14(3)26-16-9-7-6-8-15(16)19/h6-9,13-14H,4-5,10-12H2,1-3H3,(H2,20,21,22). The summed E-state index contributed by atoms with van der Waals surface area (Å²) >= 11 is 0. The number of aromatic nitrogens is 3. The number of guanidine groups is 1. The second-order valence-electron chi connectivity index (χ2n) is 5.80. The number of aryl methyl sites for hydroxylation is 1. The van der Waals surface area contributed by atoms with E-state index in [2.05, 4.69) is 32.7 Å². The van der Waals surface area contributed by atoms with Crippen LogP contribution < -0.4 is 15.4 Å². The number of benzene rings is 1. The summed E-state index contributed by atoms with van der Waals surface area (Å²) in [6.45, 7) is 8.53. The van der Waals surface area contributed by atoms with Gasteiger partial charge in [0.1, 0.15) is 18.3 Å². The van der Waals surface area contributed by atoms with Gasteiger partial charge in [-0.25, -0.2) is 9.38 Å². The van der Waals surface area contributed by atoms with Crippen molar-refractivity contribution in [3.63, 3.8) is 0 Å². The average Bonchev–Trinajstić information content (AvgIpc) is 3.09. The van der Waals surface area contributed by atoms with E-state index in [-0.39, 0.29) is 17.7 Å². The maximum atomic E-state index is 13.6. The van der Waals surface area contributed by atoms with Gasteiger partial charge in [0.2, 0.25) is 0 Å². The molecule has 0 spiro atoms. The largest absolute Gasteiger partial charge is 0.486 e. The third kappa shape index (κ3) is 6.02. The Balaban J connectivity index is 1.84. The molecule has 0 fully saturated rings. The molecule has 142 valence electrons. The van der Waals surface area contributed by atoms with Gasteiger partial charge in [0, 0.05) is 26.1 Å². The fourth-order valence-electron chi connectivity index (χ4n) is 2.39. The Hall–Kier alpha value is -2.64. The summed E-state index contributed by atoms with van der Waals surface area (Å²) in [5.41, 5.74) is 0. The Bertz CT molecular complexity index is 702. The second kappa shape index (κ2) is 10.4. The fourth-order valence-corrected chi connectivity index (χ4v) is 2.39. The lowest BCUT2D eigenvalue weighted by atomic mass is 10.3. The minimum absolute atomic E-state index is 0.243. The zero-order chi connectivity index (χ0) is 18.8. The lowest BCUT2D eigenvalue weighted by molar-refractivity contribution is 0.220. The van der Waals surface area contributed by atoms with Crippen molar-refractivity contribution in [3.05, 3.63) is 42.2 Å². The number of rotatable bonds is 9. The molecule has 0 amide bonds. The van der Waals surface area contributed by atoms with Crippen LogP contribution in [0.15, 0.2) is 35.6 Å².